The molecule has 9 atom stereocenters. The lowest BCUT2D eigenvalue weighted by Crippen LogP contribution is -2.60. The number of allylic oxidation sites excluding steroid dienone is 2. The monoisotopic (exact) mass is 562 g/mol. The van der Waals surface area contributed by atoms with E-state index in [0.717, 1.165) is 25.7 Å². The van der Waals surface area contributed by atoms with Crippen molar-refractivity contribution in [3.8, 4) is 0 Å². The van der Waals surface area contributed by atoms with E-state index < -0.39 is 5.79 Å². The second-order valence-corrected chi connectivity index (χ2v) is 14.9. The Hall–Kier alpha value is -1.98. The molecule has 5 heteroatoms. The maximum absolute atomic E-state index is 13.5. The molecule has 5 aliphatic rings. The lowest BCUT2D eigenvalue weighted by Gasteiger charge is -2.63. The zero-order valence-electron chi connectivity index (χ0n) is 25.8. The van der Waals surface area contributed by atoms with Crippen LogP contribution in [0.3, 0.4) is 0 Å². The van der Waals surface area contributed by atoms with Crippen molar-refractivity contribution in [2.45, 2.75) is 97.9 Å². The van der Waals surface area contributed by atoms with E-state index in [9.17, 15) is 9.59 Å². The van der Waals surface area contributed by atoms with Gasteiger partial charge in [-0.1, -0.05) is 58.9 Å². The minimum absolute atomic E-state index is 0.0338. The van der Waals surface area contributed by atoms with Gasteiger partial charge in [-0.15, -0.1) is 0 Å². The molecule has 4 saturated carbocycles. The van der Waals surface area contributed by atoms with E-state index in [-0.39, 0.29) is 34.6 Å². The predicted octanol–water partition coefficient (Wildman–Crippen LogP) is 7.64. The van der Waals surface area contributed by atoms with Gasteiger partial charge >= 0.3 is 5.97 Å². The summed E-state index contributed by atoms with van der Waals surface area (Å²) in [4.78, 5) is 25.9. The highest BCUT2D eigenvalue weighted by molar-refractivity contribution is 5.91. The molecule has 1 aromatic carbocycles. The van der Waals surface area contributed by atoms with Crippen LogP contribution in [0.1, 0.15) is 96.3 Å². The largest absolute Gasteiger partial charge is 0.458 e. The molecule has 1 spiro atoms. The normalized spacial score (nSPS) is 40.2. The first-order valence-electron chi connectivity index (χ1n) is 16.3. The first-order chi connectivity index (χ1) is 19.6. The summed E-state index contributed by atoms with van der Waals surface area (Å²) in [6.45, 7) is 12.7. The average molecular weight is 563 g/mol. The van der Waals surface area contributed by atoms with Crippen molar-refractivity contribution in [2.24, 2.45) is 52.3 Å². The van der Waals surface area contributed by atoms with E-state index in [1.54, 1.807) is 0 Å². The second kappa shape index (κ2) is 10.9. The minimum atomic E-state index is -0.443. The molecule has 0 bridgehead atoms. The lowest BCUT2D eigenvalue weighted by molar-refractivity contribution is -0.242. The second-order valence-electron chi connectivity index (χ2n) is 14.9. The van der Waals surface area contributed by atoms with E-state index in [0.29, 0.717) is 54.3 Å². The van der Waals surface area contributed by atoms with Gasteiger partial charge in [0.25, 0.3) is 0 Å². The third kappa shape index (κ3) is 5.03. The predicted molar refractivity (Wildman–Crippen MR) is 159 cm³/mol. The molecular weight excluding hydrogens is 512 g/mol. The molecule has 0 N–H and O–H groups in total. The highest BCUT2D eigenvalue weighted by Gasteiger charge is 2.65. The van der Waals surface area contributed by atoms with Crippen molar-refractivity contribution in [2.75, 3.05) is 13.2 Å². The van der Waals surface area contributed by atoms with Gasteiger partial charge in [0, 0.05) is 24.7 Å². The average Bonchev–Trinajstić information content (AvgIpc) is 3.56. The van der Waals surface area contributed by atoms with Crippen LogP contribution in [0.25, 0.3) is 0 Å². The van der Waals surface area contributed by atoms with Crippen LogP contribution in [0.2, 0.25) is 0 Å². The summed E-state index contributed by atoms with van der Waals surface area (Å²) in [6.07, 6.45) is 12.5. The first-order valence-corrected chi connectivity index (χ1v) is 16.3. The minimum Gasteiger partial charge on any atom is -0.458 e. The molecule has 6 unspecified atom stereocenters. The number of hydrogen-bond acceptors (Lipinski definition) is 5. The third-order valence-electron chi connectivity index (χ3n) is 12.6. The molecule has 5 fully saturated rings. The SMILES string of the molecule is CC(C)C(=O)/C=C/C(C)[C@H]1CCC2C3C(OC(=O)c4ccccc4)CC4CC5(CC[C@]4(C)C3CC[C@@]21C)OCCO5. The fraction of sp³-hybridized carbons (Fsp3) is 0.722. The van der Waals surface area contributed by atoms with Gasteiger partial charge in [-0.25, -0.2) is 4.79 Å². The summed E-state index contributed by atoms with van der Waals surface area (Å²) in [5, 5.41) is 0. The van der Waals surface area contributed by atoms with Crippen molar-refractivity contribution >= 4 is 11.8 Å². The number of hydrogen-bond donors (Lipinski definition) is 0. The third-order valence-corrected chi connectivity index (χ3v) is 12.6. The molecule has 1 aliphatic heterocycles. The lowest BCUT2D eigenvalue weighted by atomic mass is 9.43. The summed E-state index contributed by atoms with van der Waals surface area (Å²) >= 11 is 0. The Kier molecular flexibility index (Phi) is 7.77. The summed E-state index contributed by atoms with van der Waals surface area (Å²) in [7, 11) is 0. The van der Waals surface area contributed by atoms with E-state index in [1.807, 2.05) is 50.3 Å². The molecule has 1 saturated heterocycles. The van der Waals surface area contributed by atoms with Gasteiger partial charge in [0.15, 0.2) is 11.6 Å². The fourth-order valence-corrected chi connectivity index (χ4v) is 10.3. The van der Waals surface area contributed by atoms with Crippen LogP contribution in [-0.2, 0) is 19.0 Å². The quantitative estimate of drug-likeness (QED) is 0.263. The van der Waals surface area contributed by atoms with Gasteiger partial charge < -0.3 is 14.2 Å². The Morgan fingerprint density at radius 3 is 2.34 bits per heavy atom. The number of carbonyl (C=O) groups is 2. The number of rotatable bonds is 6. The molecule has 1 aromatic rings. The van der Waals surface area contributed by atoms with Crippen LogP contribution in [0.15, 0.2) is 42.5 Å². The Morgan fingerprint density at radius 2 is 1.63 bits per heavy atom. The number of carbonyl (C=O) groups excluding carboxylic acids is 2. The molecule has 0 radical (unpaired) electrons. The topological polar surface area (TPSA) is 61.8 Å². The van der Waals surface area contributed by atoms with Crippen molar-refractivity contribution < 1.29 is 23.8 Å². The number of ether oxygens (including phenoxy) is 3. The summed E-state index contributed by atoms with van der Waals surface area (Å²) < 4.78 is 19.0. The molecule has 41 heavy (non-hydrogen) atoms. The van der Waals surface area contributed by atoms with Crippen LogP contribution in [0.5, 0.6) is 0 Å². The van der Waals surface area contributed by atoms with Gasteiger partial charge in [-0.3, -0.25) is 4.79 Å². The van der Waals surface area contributed by atoms with Gasteiger partial charge in [0.05, 0.1) is 18.8 Å². The molecule has 5 nitrogen and oxygen atoms in total. The van der Waals surface area contributed by atoms with E-state index in [2.05, 4.69) is 26.8 Å². The molecular formula is C36H50O5. The fourth-order valence-electron chi connectivity index (χ4n) is 10.3. The van der Waals surface area contributed by atoms with Crippen molar-refractivity contribution in [3.05, 3.63) is 48.0 Å². The zero-order valence-corrected chi connectivity index (χ0v) is 25.8. The Balaban J connectivity index is 1.30. The Labute approximate surface area is 246 Å². The van der Waals surface area contributed by atoms with Gasteiger partial charge in [0.1, 0.15) is 6.10 Å². The number of benzene rings is 1. The standard InChI is InChI=1S/C36H50O5/c1-23(2)30(37)14-11-24(3)27-12-13-28-32-29(15-16-35(27,28)5)34(4)17-18-36(39-19-20-40-36)22-26(34)21-31(32)41-33(38)25-9-7-6-8-10-25/h6-11,14,23-24,26-29,31-32H,12-13,15-22H2,1-5H3/b14-11+/t24?,26?,27-,28?,29?,31?,32?,34+,35-/m1/s1. The van der Waals surface area contributed by atoms with Crippen molar-refractivity contribution in [3.63, 3.8) is 0 Å². The molecule has 1 heterocycles. The number of esters is 1. The summed E-state index contributed by atoms with van der Waals surface area (Å²) in [5.74, 6) is 2.32. The molecule has 0 aromatic heterocycles. The molecule has 224 valence electrons. The molecule has 6 rings (SSSR count). The van der Waals surface area contributed by atoms with E-state index in [1.165, 1.54) is 25.7 Å². The zero-order chi connectivity index (χ0) is 29.0. The molecule has 4 aliphatic carbocycles. The Morgan fingerprint density at radius 1 is 0.927 bits per heavy atom. The van der Waals surface area contributed by atoms with Crippen LogP contribution >= 0.6 is 0 Å². The van der Waals surface area contributed by atoms with Crippen molar-refractivity contribution in [1.29, 1.82) is 0 Å². The van der Waals surface area contributed by atoms with Gasteiger partial charge in [-0.05, 0) is 97.2 Å². The maximum atomic E-state index is 13.5. The summed E-state index contributed by atoms with van der Waals surface area (Å²) in [5.41, 5.74) is 1.02. The highest BCUT2D eigenvalue weighted by Crippen LogP contribution is 2.69. The van der Waals surface area contributed by atoms with E-state index in [4.69, 9.17) is 14.2 Å². The Bertz CT molecular complexity index is 1150. The van der Waals surface area contributed by atoms with Gasteiger partial charge in [0.2, 0.25) is 0 Å². The van der Waals surface area contributed by atoms with E-state index >= 15 is 0 Å². The van der Waals surface area contributed by atoms with Crippen molar-refractivity contribution in [1.82, 2.24) is 0 Å². The highest BCUT2D eigenvalue weighted by atomic mass is 16.7. The maximum Gasteiger partial charge on any atom is 0.338 e. The van der Waals surface area contributed by atoms with Crippen LogP contribution in [-0.4, -0.2) is 36.9 Å². The number of ketones is 1. The van der Waals surface area contributed by atoms with Crippen LogP contribution in [0, 0.1) is 52.3 Å². The first kappa shape index (κ1) is 29.1. The van der Waals surface area contributed by atoms with Crippen LogP contribution < -0.4 is 0 Å². The van der Waals surface area contributed by atoms with Crippen LogP contribution in [0.4, 0.5) is 0 Å². The van der Waals surface area contributed by atoms with Gasteiger partial charge in [-0.2, -0.15) is 0 Å². The summed E-state index contributed by atoms with van der Waals surface area (Å²) in [6, 6.07) is 9.50. The smallest absolute Gasteiger partial charge is 0.338 e. The molecule has 0 amide bonds. The number of fused-ring (bicyclic) bond motifs is 5.